The number of carbonyl (C=O) groups is 1. The second-order valence-electron chi connectivity index (χ2n) is 5.40. The number of amides is 1. The Kier molecular flexibility index (Phi) is 5.44. The number of likely N-dealkylation sites (N-methyl/N-ethyl adjacent to an activating group) is 1. The highest BCUT2D eigenvalue weighted by Gasteiger charge is 2.21. The molecule has 1 aromatic rings. The maximum absolute atomic E-state index is 12.7. The minimum atomic E-state index is 0.0832. The molecule has 4 heteroatoms. The van der Waals surface area contributed by atoms with Crippen LogP contribution in [0.2, 0.25) is 5.02 Å². The topological polar surface area (TPSA) is 32.3 Å². The van der Waals surface area contributed by atoms with Crippen LogP contribution in [0.1, 0.15) is 42.1 Å². The SMILES string of the molecule is CCN(CC1CCCCN1)C(=O)c1cccc(Cl)c1C. The summed E-state index contributed by atoms with van der Waals surface area (Å²) in [5, 5.41) is 4.15. The molecule has 2 rings (SSSR count). The van der Waals surface area contributed by atoms with Crippen molar-refractivity contribution >= 4 is 17.5 Å². The Morgan fingerprint density at radius 2 is 2.25 bits per heavy atom. The molecule has 1 N–H and O–H groups in total. The third-order valence-electron chi connectivity index (χ3n) is 4.02. The van der Waals surface area contributed by atoms with Gasteiger partial charge in [-0.25, -0.2) is 0 Å². The number of nitrogens with one attached hydrogen (secondary N) is 1. The summed E-state index contributed by atoms with van der Waals surface area (Å²) in [5.41, 5.74) is 1.59. The highest BCUT2D eigenvalue weighted by atomic mass is 35.5. The van der Waals surface area contributed by atoms with Crippen LogP contribution in [-0.4, -0.2) is 36.5 Å². The van der Waals surface area contributed by atoms with E-state index in [2.05, 4.69) is 5.32 Å². The molecular formula is C16H23ClN2O. The van der Waals surface area contributed by atoms with Crippen molar-refractivity contribution in [2.24, 2.45) is 0 Å². The van der Waals surface area contributed by atoms with Crippen molar-refractivity contribution in [3.8, 4) is 0 Å². The minimum Gasteiger partial charge on any atom is -0.337 e. The van der Waals surface area contributed by atoms with E-state index in [1.54, 1.807) is 0 Å². The standard InChI is InChI=1S/C16H23ClN2O/c1-3-19(11-13-7-4-5-10-18-13)16(20)14-8-6-9-15(17)12(14)2/h6,8-9,13,18H,3-5,7,10-11H2,1-2H3. The first-order valence-electron chi connectivity index (χ1n) is 7.41. The number of benzene rings is 1. The molecule has 1 amide bonds. The molecule has 1 aliphatic heterocycles. The molecule has 0 radical (unpaired) electrons. The van der Waals surface area contributed by atoms with Gasteiger partial charge in [-0.2, -0.15) is 0 Å². The van der Waals surface area contributed by atoms with E-state index in [0.717, 1.165) is 37.2 Å². The fourth-order valence-electron chi connectivity index (χ4n) is 2.71. The third-order valence-corrected chi connectivity index (χ3v) is 4.43. The van der Waals surface area contributed by atoms with E-state index < -0.39 is 0 Å². The molecule has 1 unspecified atom stereocenters. The van der Waals surface area contributed by atoms with Crippen LogP contribution in [0.3, 0.4) is 0 Å². The molecule has 0 aromatic heterocycles. The molecule has 1 aliphatic rings. The van der Waals surface area contributed by atoms with Gasteiger partial charge in [-0.15, -0.1) is 0 Å². The highest BCUT2D eigenvalue weighted by molar-refractivity contribution is 6.31. The zero-order valence-corrected chi connectivity index (χ0v) is 13.0. The van der Waals surface area contributed by atoms with Crippen molar-refractivity contribution in [3.05, 3.63) is 34.3 Å². The van der Waals surface area contributed by atoms with Crippen LogP contribution in [0.5, 0.6) is 0 Å². The number of halogens is 1. The fraction of sp³-hybridized carbons (Fsp3) is 0.562. The first-order chi connectivity index (χ1) is 9.63. The van der Waals surface area contributed by atoms with Gasteiger partial charge in [0.25, 0.3) is 5.91 Å². The summed E-state index contributed by atoms with van der Waals surface area (Å²) in [6, 6.07) is 5.95. The van der Waals surface area contributed by atoms with Crippen LogP contribution in [0, 0.1) is 6.92 Å². The molecule has 1 saturated heterocycles. The number of hydrogen-bond acceptors (Lipinski definition) is 2. The molecule has 1 heterocycles. The molecular weight excluding hydrogens is 272 g/mol. The van der Waals surface area contributed by atoms with Crippen LogP contribution in [0.4, 0.5) is 0 Å². The van der Waals surface area contributed by atoms with E-state index in [9.17, 15) is 4.79 Å². The Morgan fingerprint density at radius 3 is 2.90 bits per heavy atom. The maximum Gasteiger partial charge on any atom is 0.254 e. The molecule has 3 nitrogen and oxygen atoms in total. The molecule has 1 aromatic carbocycles. The molecule has 0 bridgehead atoms. The van der Waals surface area contributed by atoms with Gasteiger partial charge in [0, 0.05) is 29.7 Å². The lowest BCUT2D eigenvalue weighted by molar-refractivity contribution is 0.0741. The maximum atomic E-state index is 12.7. The van der Waals surface area contributed by atoms with Crippen LogP contribution < -0.4 is 5.32 Å². The van der Waals surface area contributed by atoms with Crippen molar-refractivity contribution in [2.75, 3.05) is 19.6 Å². The minimum absolute atomic E-state index is 0.0832. The van der Waals surface area contributed by atoms with Gasteiger partial charge in [-0.05, 0) is 50.9 Å². The lowest BCUT2D eigenvalue weighted by atomic mass is 10.0. The Balaban J connectivity index is 2.10. The van der Waals surface area contributed by atoms with Gasteiger partial charge < -0.3 is 10.2 Å². The molecule has 0 spiro atoms. The monoisotopic (exact) mass is 294 g/mol. The average Bonchev–Trinajstić information content (AvgIpc) is 2.48. The largest absolute Gasteiger partial charge is 0.337 e. The molecule has 20 heavy (non-hydrogen) atoms. The Bertz CT molecular complexity index is 470. The van der Waals surface area contributed by atoms with E-state index in [-0.39, 0.29) is 5.91 Å². The first-order valence-corrected chi connectivity index (χ1v) is 7.79. The van der Waals surface area contributed by atoms with Crippen molar-refractivity contribution in [1.82, 2.24) is 10.2 Å². The molecule has 0 saturated carbocycles. The quantitative estimate of drug-likeness (QED) is 0.924. The number of nitrogens with zero attached hydrogens (tertiary/aromatic N) is 1. The van der Waals surface area contributed by atoms with Gasteiger partial charge >= 0.3 is 0 Å². The normalized spacial score (nSPS) is 18.9. The summed E-state index contributed by atoms with van der Waals surface area (Å²) in [7, 11) is 0. The predicted octanol–water partition coefficient (Wildman–Crippen LogP) is 3.25. The van der Waals surface area contributed by atoms with Gasteiger partial charge in [0.15, 0.2) is 0 Å². The average molecular weight is 295 g/mol. The zero-order chi connectivity index (χ0) is 14.5. The summed E-state index contributed by atoms with van der Waals surface area (Å²) in [6.07, 6.45) is 3.64. The smallest absolute Gasteiger partial charge is 0.254 e. The second kappa shape index (κ2) is 7.09. The van der Waals surface area contributed by atoms with Gasteiger partial charge in [-0.3, -0.25) is 4.79 Å². The first kappa shape index (κ1) is 15.3. The Hall–Kier alpha value is -1.06. The summed E-state index contributed by atoms with van der Waals surface area (Å²) >= 11 is 6.11. The number of carbonyl (C=O) groups excluding carboxylic acids is 1. The molecule has 1 atom stereocenters. The number of rotatable bonds is 4. The predicted molar refractivity (Wildman–Crippen MR) is 83.4 cm³/mol. The van der Waals surface area contributed by atoms with Crippen LogP contribution in [-0.2, 0) is 0 Å². The lowest BCUT2D eigenvalue weighted by Crippen LogP contribution is -2.45. The molecule has 110 valence electrons. The third kappa shape index (κ3) is 3.53. The van der Waals surface area contributed by atoms with Crippen molar-refractivity contribution in [2.45, 2.75) is 39.2 Å². The summed E-state index contributed by atoms with van der Waals surface area (Å²) < 4.78 is 0. The Morgan fingerprint density at radius 1 is 1.45 bits per heavy atom. The van der Waals surface area contributed by atoms with Crippen LogP contribution in [0.15, 0.2) is 18.2 Å². The van der Waals surface area contributed by atoms with E-state index in [4.69, 9.17) is 11.6 Å². The van der Waals surface area contributed by atoms with Crippen LogP contribution >= 0.6 is 11.6 Å². The fourth-order valence-corrected chi connectivity index (χ4v) is 2.89. The second-order valence-corrected chi connectivity index (χ2v) is 5.81. The van der Waals surface area contributed by atoms with E-state index in [0.29, 0.717) is 11.1 Å². The molecule has 1 fully saturated rings. The number of piperidine rings is 1. The van der Waals surface area contributed by atoms with Gasteiger partial charge in [0.1, 0.15) is 0 Å². The van der Waals surface area contributed by atoms with Gasteiger partial charge in [0.05, 0.1) is 0 Å². The summed E-state index contributed by atoms with van der Waals surface area (Å²) in [4.78, 5) is 14.6. The van der Waals surface area contributed by atoms with Crippen molar-refractivity contribution < 1.29 is 4.79 Å². The molecule has 0 aliphatic carbocycles. The van der Waals surface area contributed by atoms with Gasteiger partial charge in [0.2, 0.25) is 0 Å². The van der Waals surface area contributed by atoms with E-state index in [1.807, 2.05) is 36.9 Å². The van der Waals surface area contributed by atoms with Gasteiger partial charge in [-0.1, -0.05) is 24.1 Å². The van der Waals surface area contributed by atoms with Crippen molar-refractivity contribution in [3.63, 3.8) is 0 Å². The number of hydrogen-bond donors (Lipinski definition) is 1. The highest BCUT2D eigenvalue weighted by Crippen LogP contribution is 2.20. The summed E-state index contributed by atoms with van der Waals surface area (Å²) in [5.74, 6) is 0.0832. The Labute approximate surface area is 126 Å². The summed E-state index contributed by atoms with van der Waals surface area (Å²) in [6.45, 7) is 6.50. The zero-order valence-electron chi connectivity index (χ0n) is 12.3. The van der Waals surface area contributed by atoms with Crippen molar-refractivity contribution in [1.29, 1.82) is 0 Å². The lowest BCUT2D eigenvalue weighted by Gasteiger charge is -2.30. The van der Waals surface area contributed by atoms with Crippen LogP contribution in [0.25, 0.3) is 0 Å². The van der Waals surface area contributed by atoms with E-state index >= 15 is 0 Å². The van der Waals surface area contributed by atoms with E-state index in [1.165, 1.54) is 12.8 Å².